The highest BCUT2D eigenvalue weighted by Gasteiger charge is 2.40. The summed E-state index contributed by atoms with van der Waals surface area (Å²) >= 11 is 0. The minimum Gasteiger partial charge on any atom is -0.465 e. The summed E-state index contributed by atoms with van der Waals surface area (Å²) in [5.41, 5.74) is 0. The number of hydrogen-bond acceptors (Lipinski definition) is 2. The molecule has 2 heteroatoms. The van der Waals surface area contributed by atoms with Crippen molar-refractivity contribution in [3.63, 3.8) is 0 Å². The second-order valence-electron chi connectivity index (χ2n) is 4.41. The molecule has 14 heavy (non-hydrogen) atoms. The van der Waals surface area contributed by atoms with Crippen LogP contribution >= 0.6 is 0 Å². The number of hydrogen-bond donors (Lipinski definition) is 0. The normalized spacial score (nSPS) is 33.6. The van der Waals surface area contributed by atoms with Crippen LogP contribution in [0.2, 0.25) is 0 Å². The van der Waals surface area contributed by atoms with Crippen LogP contribution in [0.1, 0.15) is 32.6 Å². The third kappa shape index (κ3) is 1.84. The van der Waals surface area contributed by atoms with Crippen molar-refractivity contribution in [3.8, 4) is 0 Å². The number of carbonyl (C=O) groups is 1. The Balaban J connectivity index is 1.79. The molecule has 0 amide bonds. The van der Waals surface area contributed by atoms with Gasteiger partial charge in [0.1, 0.15) is 0 Å². The predicted molar refractivity (Wildman–Crippen MR) is 54.7 cm³/mol. The minimum atomic E-state index is 0.0373. The van der Waals surface area contributed by atoms with Crippen LogP contribution in [-0.4, -0.2) is 12.6 Å². The smallest absolute Gasteiger partial charge is 0.309 e. The van der Waals surface area contributed by atoms with Crippen molar-refractivity contribution in [2.45, 2.75) is 32.6 Å². The molecule has 0 aromatic carbocycles. The third-order valence-electron chi connectivity index (χ3n) is 3.32. The van der Waals surface area contributed by atoms with Gasteiger partial charge in [-0.1, -0.05) is 25.5 Å². The molecule has 0 heterocycles. The zero-order valence-electron chi connectivity index (χ0n) is 8.74. The van der Waals surface area contributed by atoms with E-state index in [1.807, 2.05) is 0 Å². The molecule has 2 aliphatic carbocycles. The van der Waals surface area contributed by atoms with Crippen molar-refractivity contribution in [3.05, 3.63) is 12.2 Å². The van der Waals surface area contributed by atoms with Crippen molar-refractivity contribution in [1.82, 2.24) is 0 Å². The Bertz CT molecular complexity index is 245. The van der Waals surface area contributed by atoms with Gasteiger partial charge in [-0.3, -0.25) is 4.79 Å². The molecule has 0 spiro atoms. The maximum atomic E-state index is 11.7. The van der Waals surface area contributed by atoms with Gasteiger partial charge in [0.25, 0.3) is 0 Å². The van der Waals surface area contributed by atoms with Crippen LogP contribution in [0.4, 0.5) is 0 Å². The van der Waals surface area contributed by atoms with E-state index in [1.165, 1.54) is 6.42 Å². The quantitative estimate of drug-likeness (QED) is 0.390. The monoisotopic (exact) mass is 194 g/mol. The van der Waals surface area contributed by atoms with Crippen LogP contribution in [0.5, 0.6) is 0 Å². The lowest BCUT2D eigenvalue weighted by molar-refractivity contribution is -0.149. The fraction of sp³-hybridized carbons (Fsp3) is 0.750. The van der Waals surface area contributed by atoms with Crippen LogP contribution in [0, 0.1) is 17.8 Å². The minimum absolute atomic E-state index is 0.0373. The highest BCUT2D eigenvalue weighted by molar-refractivity contribution is 5.74. The van der Waals surface area contributed by atoms with Crippen LogP contribution in [0.25, 0.3) is 0 Å². The molecule has 0 radical (unpaired) electrons. The zero-order valence-corrected chi connectivity index (χ0v) is 8.74. The maximum Gasteiger partial charge on any atom is 0.309 e. The average molecular weight is 194 g/mol. The molecule has 2 rings (SSSR count). The first-order chi connectivity index (χ1) is 6.81. The summed E-state index contributed by atoms with van der Waals surface area (Å²) in [6, 6.07) is 0. The summed E-state index contributed by atoms with van der Waals surface area (Å²) in [7, 11) is 0. The fourth-order valence-electron chi connectivity index (χ4n) is 2.48. The lowest BCUT2D eigenvalue weighted by Crippen LogP contribution is -2.21. The standard InChI is InChI=1S/C12H18O2/c1-2-3-6-14-12(13)11-8-9-4-5-10(11)7-9/h4-5,9-11H,2-3,6-8H2,1H3/t9-,10+,11?/m1/s1. The van der Waals surface area contributed by atoms with Gasteiger partial charge in [-0.2, -0.15) is 0 Å². The first kappa shape index (κ1) is 9.75. The van der Waals surface area contributed by atoms with Gasteiger partial charge in [0.15, 0.2) is 0 Å². The number of allylic oxidation sites excluding steroid dienone is 2. The molecule has 0 saturated heterocycles. The molecule has 1 fully saturated rings. The van der Waals surface area contributed by atoms with Gasteiger partial charge in [0.05, 0.1) is 12.5 Å². The van der Waals surface area contributed by atoms with E-state index in [0.717, 1.165) is 19.3 Å². The first-order valence-corrected chi connectivity index (χ1v) is 5.66. The molecule has 0 aliphatic heterocycles. The lowest BCUT2D eigenvalue weighted by atomic mass is 9.94. The maximum absolute atomic E-state index is 11.7. The first-order valence-electron chi connectivity index (χ1n) is 5.66. The number of fused-ring (bicyclic) bond motifs is 2. The van der Waals surface area contributed by atoms with Gasteiger partial charge in [0, 0.05) is 0 Å². The summed E-state index contributed by atoms with van der Waals surface area (Å²) in [5, 5.41) is 0. The molecular formula is C12H18O2. The zero-order chi connectivity index (χ0) is 9.97. The van der Waals surface area contributed by atoms with E-state index in [4.69, 9.17) is 4.74 Å². The molecule has 1 unspecified atom stereocenters. The van der Waals surface area contributed by atoms with Crippen LogP contribution in [-0.2, 0) is 9.53 Å². The Morgan fingerprint density at radius 2 is 2.29 bits per heavy atom. The van der Waals surface area contributed by atoms with E-state index in [-0.39, 0.29) is 11.9 Å². The van der Waals surface area contributed by atoms with Gasteiger partial charge in [-0.05, 0) is 31.1 Å². The number of rotatable bonds is 4. The van der Waals surface area contributed by atoms with Crippen molar-refractivity contribution in [2.75, 3.05) is 6.61 Å². The summed E-state index contributed by atoms with van der Waals surface area (Å²) in [6.07, 6.45) is 8.71. The SMILES string of the molecule is CCCCOC(=O)C1C[C@@H]2C=C[C@H]1C2. The van der Waals surface area contributed by atoms with E-state index >= 15 is 0 Å². The highest BCUT2D eigenvalue weighted by Crippen LogP contribution is 2.43. The number of esters is 1. The molecule has 2 aliphatic rings. The van der Waals surface area contributed by atoms with E-state index in [2.05, 4.69) is 19.1 Å². The molecule has 2 bridgehead atoms. The second kappa shape index (κ2) is 4.16. The Kier molecular flexibility index (Phi) is 2.90. The third-order valence-corrected chi connectivity index (χ3v) is 3.32. The van der Waals surface area contributed by atoms with Crippen LogP contribution in [0.15, 0.2) is 12.2 Å². The van der Waals surface area contributed by atoms with Crippen molar-refractivity contribution >= 4 is 5.97 Å². The largest absolute Gasteiger partial charge is 0.465 e. The van der Waals surface area contributed by atoms with Gasteiger partial charge >= 0.3 is 5.97 Å². The van der Waals surface area contributed by atoms with Gasteiger partial charge in [0.2, 0.25) is 0 Å². The van der Waals surface area contributed by atoms with Gasteiger partial charge < -0.3 is 4.74 Å². The molecule has 3 atom stereocenters. The van der Waals surface area contributed by atoms with Crippen molar-refractivity contribution in [1.29, 1.82) is 0 Å². The van der Waals surface area contributed by atoms with E-state index < -0.39 is 0 Å². The van der Waals surface area contributed by atoms with E-state index in [0.29, 0.717) is 18.4 Å². The summed E-state index contributed by atoms with van der Waals surface area (Å²) in [6.45, 7) is 2.71. The van der Waals surface area contributed by atoms with E-state index in [1.54, 1.807) is 0 Å². The predicted octanol–water partition coefficient (Wildman–Crippen LogP) is 2.54. The Labute approximate surface area is 85.3 Å². The molecule has 78 valence electrons. The van der Waals surface area contributed by atoms with E-state index in [9.17, 15) is 4.79 Å². The second-order valence-corrected chi connectivity index (χ2v) is 4.41. The summed E-state index contributed by atoms with van der Waals surface area (Å²) < 4.78 is 5.25. The number of ether oxygens (including phenoxy) is 1. The topological polar surface area (TPSA) is 26.3 Å². The summed E-state index contributed by atoms with van der Waals surface area (Å²) in [5.74, 6) is 1.34. The van der Waals surface area contributed by atoms with Gasteiger partial charge in [-0.15, -0.1) is 0 Å². The molecule has 2 nitrogen and oxygen atoms in total. The number of carbonyl (C=O) groups excluding carboxylic acids is 1. The number of unbranched alkanes of at least 4 members (excludes halogenated alkanes) is 1. The van der Waals surface area contributed by atoms with Crippen LogP contribution < -0.4 is 0 Å². The average Bonchev–Trinajstić information content (AvgIpc) is 2.79. The van der Waals surface area contributed by atoms with Crippen molar-refractivity contribution in [2.24, 2.45) is 17.8 Å². The molecule has 0 N–H and O–H groups in total. The van der Waals surface area contributed by atoms with Crippen molar-refractivity contribution < 1.29 is 9.53 Å². The Hall–Kier alpha value is -0.790. The van der Waals surface area contributed by atoms with Crippen LogP contribution in [0.3, 0.4) is 0 Å². The molecule has 0 aromatic heterocycles. The molecular weight excluding hydrogens is 176 g/mol. The highest BCUT2D eigenvalue weighted by atomic mass is 16.5. The molecule has 1 saturated carbocycles. The van der Waals surface area contributed by atoms with Gasteiger partial charge in [-0.25, -0.2) is 0 Å². The Morgan fingerprint density at radius 1 is 1.43 bits per heavy atom. The summed E-state index contributed by atoms with van der Waals surface area (Å²) in [4.78, 5) is 11.7. The fourth-order valence-corrected chi connectivity index (χ4v) is 2.48. The lowest BCUT2D eigenvalue weighted by Gasteiger charge is -2.16. The molecule has 0 aromatic rings. The Morgan fingerprint density at radius 3 is 2.86 bits per heavy atom.